The fourth-order valence-corrected chi connectivity index (χ4v) is 2.55. The van der Waals surface area contributed by atoms with E-state index in [1.165, 1.54) is 0 Å². The van der Waals surface area contributed by atoms with Crippen LogP contribution in [-0.4, -0.2) is 10.5 Å². The largest absolute Gasteiger partial charge is 0.420 e. The number of aryl methyl sites for hydroxylation is 1. The fourth-order valence-electron chi connectivity index (χ4n) is 2.55. The Kier molecular flexibility index (Phi) is 4.20. The molecule has 3 nitrogen and oxygen atoms in total. The minimum Gasteiger partial charge on any atom is -0.420 e. The maximum absolute atomic E-state index is 13.6. The predicted octanol–water partition coefficient (Wildman–Crippen LogP) is 4.02. The van der Waals surface area contributed by atoms with Gasteiger partial charge in [-0.3, -0.25) is 4.79 Å². The van der Waals surface area contributed by atoms with Crippen molar-refractivity contribution in [3.05, 3.63) is 65.1 Å². The Morgan fingerprint density at radius 2 is 1.52 bits per heavy atom. The zero-order chi connectivity index (χ0) is 18.3. The summed E-state index contributed by atoms with van der Waals surface area (Å²) < 4.78 is 72.5. The lowest BCUT2D eigenvalue weighted by atomic mass is 10.1. The summed E-state index contributed by atoms with van der Waals surface area (Å²) in [6.45, 7) is 0. The molecule has 130 valence electrons. The van der Waals surface area contributed by atoms with E-state index in [9.17, 15) is 26.7 Å². The highest BCUT2D eigenvalue weighted by molar-refractivity contribution is 5.88. The van der Waals surface area contributed by atoms with E-state index in [1.807, 2.05) is 0 Å². The van der Waals surface area contributed by atoms with Gasteiger partial charge in [0.2, 0.25) is 34.8 Å². The highest BCUT2D eigenvalue weighted by Gasteiger charge is 2.28. The molecule has 0 aliphatic rings. The summed E-state index contributed by atoms with van der Waals surface area (Å²) in [6.07, 6.45) is 1.21. The maximum atomic E-state index is 13.6. The van der Waals surface area contributed by atoms with Crippen LogP contribution in [0.25, 0.3) is 10.9 Å². The number of aromatic nitrogens is 1. The first-order valence-electron chi connectivity index (χ1n) is 7.06. The Balaban J connectivity index is 1.91. The van der Waals surface area contributed by atoms with Gasteiger partial charge in [0, 0.05) is 24.1 Å². The Morgan fingerprint density at radius 1 is 0.960 bits per heavy atom. The molecule has 0 radical (unpaired) electrons. The summed E-state index contributed by atoms with van der Waals surface area (Å²) in [5.41, 5.74) is 1.30. The van der Waals surface area contributed by atoms with Gasteiger partial charge in [0.05, 0.1) is 6.42 Å². The highest BCUT2D eigenvalue weighted by atomic mass is 19.2. The average Bonchev–Trinajstić information content (AvgIpc) is 2.91. The molecule has 1 heterocycles. The smallest absolute Gasteiger partial charge is 0.315 e. The van der Waals surface area contributed by atoms with Crippen LogP contribution in [0.2, 0.25) is 0 Å². The first-order chi connectivity index (χ1) is 11.8. The van der Waals surface area contributed by atoms with Crippen LogP contribution in [0.5, 0.6) is 5.75 Å². The first-order valence-corrected chi connectivity index (χ1v) is 7.06. The molecule has 0 spiro atoms. The van der Waals surface area contributed by atoms with E-state index in [0.29, 0.717) is 10.9 Å². The third-order valence-electron chi connectivity index (χ3n) is 3.70. The molecule has 0 amide bonds. The van der Waals surface area contributed by atoms with E-state index < -0.39 is 47.2 Å². The van der Waals surface area contributed by atoms with E-state index in [-0.39, 0.29) is 0 Å². The highest BCUT2D eigenvalue weighted by Crippen LogP contribution is 2.29. The van der Waals surface area contributed by atoms with Crippen molar-refractivity contribution in [3.63, 3.8) is 0 Å². The van der Waals surface area contributed by atoms with Gasteiger partial charge in [0.25, 0.3) is 0 Å². The molecule has 25 heavy (non-hydrogen) atoms. The van der Waals surface area contributed by atoms with Crippen molar-refractivity contribution in [1.82, 2.24) is 4.57 Å². The number of fused-ring (bicyclic) bond motifs is 1. The Hall–Kier alpha value is -2.90. The third kappa shape index (κ3) is 2.84. The number of halogens is 5. The number of carbonyl (C=O) groups is 1. The lowest BCUT2D eigenvalue weighted by Crippen LogP contribution is -2.15. The van der Waals surface area contributed by atoms with Crippen LogP contribution < -0.4 is 4.74 Å². The van der Waals surface area contributed by atoms with Gasteiger partial charge in [0.15, 0.2) is 0 Å². The predicted molar refractivity (Wildman–Crippen MR) is 78.5 cm³/mol. The van der Waals surface area contributed by atoms with Crippen LogP contribution in [0.15, 0.2) is 30.5 Å². The second kappa shape index (κ2) is 6.19. The van der Waals surface area contributed by atoms with Crippen LogP contribution in [0.1, 0.15) is 5.56 Å². The number of esters is 1. The molecule has 1 aromatic heterocycles. The molecule has 0 fully saturated rings. The number of carbonyl (C=O) groups excluding carboxylic acids is 1. The quantitative estimate of drug-likeness (QED) is 0.234. The van der Waals surface area contributed by atoms with Crippen molar-refractivity contribution in [2.24, 2.45) is 7.05 Å². The Morgan fingerprint density at radius 3 is 2.16 bits per heavy atom. The number of nitrogens with zero attached hydrogens (tertiary/aromatic N) is 1. The van der Waals surface area contributed by atoms with Gasteiger partial charge in [0.1, 0.15) is 0 Å². The summed E-state index contributed by atoms with van der Waals surface area (Å²) in [5.74, 6) is -13.8. The standard InChI is InChI=1S/C17H10F5NO2/c1-23-7-8(9-4-2-3-5-10(9)23)6-11(24)25-17-15(21)13(19)12(18)14(20)16(17)22/h2-5,7H,6H2,1H3. The van der Waals surface area contributed by atoms with Crippen molar-refractivity contribution in [2.75, 3.05) is 0 Å². The molecule has 0 N–H and O–H groups in total. The second-order valence-electron chi connectivity index (χ2n) is 5.33. The van der Waals surface area contributed by atoms with Crippen LogP contribution in [0.4, 0.5) is 22.0 Å². The van der Waals surface area contributed by atoms with Gasteiger partial charge in [-0.2, -0.15) is 8.78 Å². The van der Waals surface area contributed by atoms with Crippen LogP contribution in [0.3, 0.4) is 0 Å². The number of hydrogen-bond donors (Lipinski definition) is 0. The number of para-hydroxylation sites is 1. The zero-order valence-electron chi connectivity index (χ0n) is 12.7. The summed E-state index contributed by atoms with van der Waals surface area (Å²) in [6, 6.07) is 7.06. The fraction of sp³-hybridized carbons (Fsp3) is 0.118. The molecule has 0 bridgehead atoms. The SMILES string of the molecule is Cn1cc(CC(=O)Oc2c(F)c(F)c(F)c(F)c2F)c2ccccc21. The van der Waals surface area contributed by atoms with E-state index in [2.05, 4.69) is 4.74 Å². The van der Waals surface area contributed by atoms with Gasteiger partial charge in [-0.15, -0.1) is 0 Å². The van der Waals surface area contributed by atoms with Crippen molar-refractivity contribution >= 4 is 16.9 Å². The summed E-state index contributed by atoms with van der Waals surface area (Å²) in [7, 11) is 1.74. The summed E-state index contributed by atoms with van der Waals surface area (Å²) in [5, 5.41) is 0.708. The molecule has 2 aromatic carbocycles. The lowest BCUT2D eigenvalue weighted by molar-refractivity contribution is -0.134. The minimum absolute atomic E-state index is 0.402. The van der Waals surface area contributed by atoms with Gasteiger partial charge in [-0.25, -0.2) is 13.2 Å². The zero-order valence-corrected chi connectivity index (χ0v) is 12.7. The van der Waals surface area contributed by atoms with Gasteiger partial charge < -0.3 is 9.30 Å². The Labute approximate surface area is 138 Å². The van der Waals surface area contributed by atoms with E-state index >= 15 is 0 Å². The van der Waals surface area contributed by atoms with Crippen molar-refractivity contribution in [1.29, 1.82) is 0 Å². The van der Waals surface area contributed by atoms with Crippen molar-refractivity contribution < 1.29 is 31.5 Å². The molecule has 0 unspecified atom stereocenters. The minimum atomic E-state index is -2.32. The molecule has 0 aliphatic carbocycles. The number of rotatable bonds is 3. The normalized spacial score (nSPS) is 11.1. The Bertz CT molecular complexity index is 967. The van der Waals surface area contributed by atoms with Gasteiger partial charge >= 0.3 is 5.97 Å². The summed E-state index contributed by atoms with van der Waals surface area (Å²) in [4.78, 5) is 11.9. The second-order valence-corrected chi connectivity index (χ2v) is 5.33. The monoisotopic (exact) mass is 355 g/mol. The van der Waals surface area contributed by atoms with E-state index in [0.717, 1.165) is 5.52 Å². The summed E-state index contributed by atoms with van der Waals surface area (Å²) >= 11 is 0. The molecule has 0 aliphatic heterocycles. The molecule has 0 saturated heterocycles. The molecule has 3 aromatic rings. The topological polar surface area (TPSA) is 31.2 Å². The number of benzene rings is 2. The van der Waals surface area contributed by atoms with Crippen LogP contribution >= 0.6 is 0 Å². The molecule has 3 rings (SSSR count). The van der Waals surface area contributed by atoms with Crippen LogP contribution in [-0.2, 0) is 18.3 Å². The lowest BCUT2D eigenvalue weighted by Gasteiger charge is -2.08. The first kappa shape index (κ1) is 16.9. The molecular weight excluding hydrogens is 345 g/mol. The average molecular weight is 355 g/mol. The molecule has 0 saturated carbocycles. The maximum Gasteiger partial charge on any atom is 0.315 e. The third-order valence-corrected chi connectivity index (χ3v) is 3.70. The number of ether oxygens (including phenoxy) is 1. The van der Waals surface area contributed by atoms with E-state index in [1.54, 1.807) is 42.1 Å². The molecular formula is C17H10F5NO2. The van der Waals surface area contributed by atoms with Crippen LogP contribution in [0, 0.1) is 29.1 Å². The van der Waals surface area contributed by atoms with Crippen molar-refractivity contribution in [2.45, 2.75) is 6.42 Å². The van der Waals surface area contributed by atoms with Gasteiger partial charge in [-0.1, -0.05) is 18.2 Å². The molecule has 0 atom stereocenters. The molecule has 8 heteroatoms. The van der Waals surface area contributed by atoms with Crippen molar-refractivity contribution in [3.8, 4) is 5.75 Å². The van der Waals surface area contributed by atoms with E-state index in [4.69, 9.17) is 0 Å². The van der Waals surface area contributed by atoms with Gasteiger partial charge in [-0.05, 0) is 11.6 Å². The number of hydrogen-bond acceptors (Lipinski definition) is 2.